The lowest BCUT2D eigenvalue weighted by molar-refractivity contribution is -0.384. The van der Waals surface area contributed by atoms with Gasteiger partial charge < -0.3 is 16.0 Å². The minimum absolute atomic E-state index is 0. The third-order valence-electron chi connectivity index (χ3n) is 3.59. The van der Waals surface area contributed by atoms with Gasteiger partial charge in [0.05, 0.1) is 9.82 Å². The Labute approximate surface area is 151 Å². The minimum Gasteiger partial charge on any atom is -0.379 e. The molecule has 12 heteroatoms. The van der Waals surface area contributed by atoms with Crippen LogP contribution in [0.25, 0.3) is 0 Å². The van der Waals surface area contributed by atoms with Crippen molar-refractivity contribution in [2.45, 2.75) is 23.8 Å². The highest BCUT2D eigenvalue weighted by Crippen LogP contribution is 2.27. The fraction of sp³-hybridized carbons (Fsp3) is 0.462. The summed E-state index contributed by atoms with van der Waals surface area (Å²) in [6.45, 7) is 1.78. The maximum Gasteiger partial charge on any atom is 0.293 e. The van der Waals surface area contributed by atoms with Crippen molar-refractivity contribution in [2.24, 2.45) is 5.14 Å². The van der Waals surface area contributed by atoms with Crippen LogP contribution in [0.15, 0.2) is 23.1 Å². The number of carbonyl (C=O) groups is 1. The summed E-state index contributed by atoms with van der Waals surface area (Å²) in [7, 11) is -4.03. The predicted molar refractivity (Wildman–Crippen MR) is 94.2 cm³/mol. The number of halogens is 1. The van der Waals surface area contributed by atoms with Crippen LogP contribution in [0.3, 0.4) is 0 Å². The van der Waals surface area contributed by atoms with Crippen molar-refractivity contribution < 1.29 is 18.1 Å². The summed E-state index contributed by atoms with van der Waals surface area (Å²) in [6.07, 6.45) is 1.02. The Kier molecular flexibility index (Phi) is 7.55. The van der Waals surface area contributed by atoms with Gasteiger partial charge in [-0.2, -0.15) is 0 Å². The number of nitro benzene ring substituents is 1. The first kappa shape index (κ1) is 21.1. The number of primary sulfonamides is 1. The van der Waals surface area contributed by atoms with Crippen LogP contribution < -0.4 is 21.1 Å². The molecule has 140 valence electrons. The van der Waals surface area contributed by atoms with Crippen molar-refractivity contribution in [1.82, 2.24) is 10.6 Å². The van der Waals surface area contributed by atoms with E-state index >= 15 is 0 Å². The second kappa shape index (κ2) is 8.94. The van der Waals surface area contributed by atoms with E-state index in [0.29, 0.717) is 0 Å². The van der Waals surface area contributed by atoms with Gasteiger partial charge in [-0.15, -0.1) is 12.4 Å². The van der Waals surface area contributed by atoms with Crippen LogP contribution in [0.1, 0.15) is 12.8 Å². The van der Waals surface area contributed by atoms with Gasteiger partial charge >= 0.3 is 0 Å². The lowest BCUT2D eigenvalue weighted by Gasteiger charge is -2.12. The van der Waals surface area contributed by atoms with Crippen molar-refractivity contribution in [1.29, 1.82) is 0 Å². The molecule has 1 atom stereocenters. The largest absolute Gasteiger partial charge is 0.379 e. The molecule has 10 nitrogen and oxygen atoms in total. The molecule has 5 N–H and O–H groups in total. The maximum absolute atomic E-state index is 11.8. The zero-order valence-electron chi connectivity index (χ0n) is 13.2. The molecular weight excluding hydrogens is 374 g/mol. The van der Waals surface area contributed by atoms with E-state index in [-0.39, 0.29) is 47.9 Å². The average molecular weight is 394 g/mol. The fourth-order valence-electron chi connectivity index (χ4n) is 2.38. The van der Waals surface area contributed by atoms with Crippen LogP contribution in [0.5, 0.6) is 0 Å². The molecule has 1 aromatic carbocycles. The molecule has 1 heterocycles. The highest BCUT2D eigenvalue weighted by atomic mass is 35.5. The van der Waals surface area contributed by atoms with Crippen LogP contribution in [0.4, 0.5) is 11.4 Å². The molecule has 25 heavy (non-hydrogen) atoms. The molecule has 0 saturated carbocycles. The summed E-state index contributed by atoms with van der Waals surface area (Å²) in [6, 6.07) is 3.44. The molecule has 1 amide bonds. The van der Waals surface area contributed by atoms with Crippen LogP contribution in [0, 0.1) is 10.1 Å². The first-order chi connectivity index (χ1) is 11.3. The first-order valence-electron chi connectivity index (χ1n) is 7.32. The van der Waals surface area contributed by atoms with Crippen LogP contribution in [-0.4, -0.2) is 44.9 Å². The second-order valence-corrected chi connectivity index (χ2v) is 6.98. The fourth-order valence-corrected chi connectivity index (χ4v) is 2.91. The molecule has 0 bridgehead atoms. The van der Waals surface area contributed by atoms with E-state index in [1.165, 1.54) is 12.1 Å². The molecule has 0 radical (unpaired) electrons. The van der Waals surface area contributed by atoms with Gasteiger partial charge in [-0.3, -0.25) is 14.9 Å². The van der Waals surface area contributed by atoms with Gasteiger partial charge in [-0.05, 0) is 25.1 Å². The first-order valence-corrected chi connectivity index (χ1v) is 8.87. The number of sulfonamides is 1. The Hall–Kier alpha value is -1.95. The lowest BCUT2D eigenvalue weighted by atomic mass is 10.2. The molecule has 1 aliphatic rings. The number of nitrogens with two attached hydrogens (primary N) is 1. The van der Waals surface area contributed by atoms with Crippen LogP contribution in [-0.2, 0) is 14.8 Å². The van der Waals surface area contributed by atoms with E-state index in [9.17, 15) is 23.3 Å². The van der Waals surface area contributed by atoms with E-state index in [4.69, 9.17) is 5.14 Å². The zero-order chi connectivity index (χ0) is 17.7. The molecule has 0 aliphatic carbocycles. The van der Waals surface area contributed by atoms with Gasteiger partial charge in [0.15, 0.2) is 0 Å². The molecule has 0 aromatic heterocycles. The quantitative estimate of drug-likeness (QED) is 0.373. The molecule has 1 aromatic rings. The number of nitro groups is 1. The number of hydrogen-bond donors (Lipinski definition) is 4. The van der Waals surface area contributed by atoms with Crippen LogP contribution in [0.2, 0.25) is 0 Å². The normalized spacial score (nSPS) is 16.8. The number of hydrogen-bond acceptors (Lipinski definition) is 7. The van der Waals surface area contributed by atoms with E-state index < -0.39 is 20.6 Å². The third-order valence-corrected chi connectivity index (χ3v) is 4.50. The number of rotatable bonds is 7. The van der Waals surface area contributed by atoms with Gasteiger partial charge in [0.25, 0.3) is 5.69 Å². The summed E-state index contributed by atoms with van der Waals surface area (Å²) in [4.78, 5) is 21.8. The lowest BCUT2D eigenvalue weighted by Crippen LogP contribution is -2.36. The van der Waals surface area contributed by atoms with E-state index in [2.05, 4.69) is 16.0 Å². The Bertz CT molecular complexity index is 736. The van der Waals surface area contributed by atoms with Crippen LogP contribution >= 0.6 is 12.4 Å². The second-order valence-electron chi connectivity index (χ2n) is 5.42. The Morgan fingerprint density at radius 3 is 2.72 bits per heavy atom. The standard InChI is InChI=1S/C13H19N5O5S.ClH/c14-24(22,23)10-1-2-11(12(7-10)18(20)21)16-6-4-13(19)17-9-3-5-15-8-9;/h1-2,7,9,15-16H,3-6,8H2,(H,17,19)(H2,14,22,23);1H. The van der Waals surface area contributed by atoms with Gasteiger partial charge in [0.1, 0.15) is 5.69 Å². The SMILES string of the molecule is Cl.NS(=O)(=O)c1ccc(NCCC(=O)NC2CCNC2)c([N+](=O)[O-])c1. The minimum atomic E-state index is -4.03. The Morgan fingerprint density at radius 2 is 2.16 bits per heavy atom. The number of nitrogens with zero attached hydrogens (tertiary/aromatic N) is 1. The number of nitrogens with one attached hydrogen (secondary N) is 3. The summed E-state index contributed by atoms with van der Waals surface area (Å²) in [5.74, 6) is -0.153. The Morgan fingerprint density at radius 1 is 1.44 bits per heavy atom. The van der Waals surface area contributed by atoms with Crippen molar-refractivity contribution in [3.63, 3.8) is 0 Å². The third kappa shape index (κ3) is 6.12. The summed E-state index contributed by atoms with van der Waals surface area (Å²) >= 11 is 0. The number of amides is 1. The number of carbonyl (C=O) groups excluding carboxylic acids is 1. The monoisotopic (exact) mass is 393 g/mol. The van der Waals surface area contributed by atoms with Crippen molar-refractivity contribution in [3.05, 3.63) is 28.3 Å². The highest BCUT2D eigenvalue weighted by molar-refractivity contribution is 7.89. The van der Waals surface area contributed by atoms with Crippen molar-refractivity contribution >= 4 is 39.7 Å². The van der Waals surface area contributed by atoms with E-state index in [1.807, 2.05) is 0 Å². The van der Waals surface area contributed by atoms with Crippen molar-refractivity contribution in [2.75, 3.05) is 25.0 Å². The molecule has 2 rings (SSSR count). The zero-order valence-corrected chi connectivity index (χ0v) is 14.9. The number of benzene rings is 1. The average Bonchev–Trinajstić information content (AvgIpc) is 2.99. The van der Waals surface area contributed by atoms with E-state index in [0.717, 1.165) is 25.6 Å². The molecule has 0 spiro atoms. The topological polar surface area (TPSA) is 156 Å². The molecule has 1 aliphatic heterocycles. The van der Waals surface area contributed by atoms with Gasteiger partial charge in [0, 0.05) is 31.6 Å². The summed E-state index contributed by atoms with van der Waals surface area (Å²) in [5.41, 5.74) is -0.287. The molecule has 1 fully saturated rings. The highest BCUT2D eigenvalue weighted by Gasteiger charge is 2.20. The predicted octanol–water partition coefficient (Wildman–Crippen LogP) is -0.0559. The van der Waals surface area contributed by atoms with E-state index in [1.54, 1.807) is 0 Å². The van der Waals surface area contributed by atoms with Gasteiger partial charge in [-0.1, -0.05) is 0 Å². The molecular formula is C13H20ClN5O5S. The molecule has 1 unspecified atom stereocenters. The van der Waals surface area contributed by atoms with Crippen molar-refractivity contribution in [3.8, 4) is 0 Å². The maximum atomic E-state index is 11.8. The smallest absolute Gasteiger partial charge is 0.293 e. The summed E-state index contributed by atoms with van der Waals surface area (Å²) < 4.78 is 22.5. The Balaban J connectivity index is 0.00000312. The van der Waals surface area contributed by atoms with Gasteiger partial charge in [-0.25, -0.2) is 13.6 Å². The summed E-state index contributed by atoms with van der Waals surface area (Å²) in [5, 5.41) is 24.8. The molecule has 1 saturated heterocycles. The number of anilines is 1. The van der Waals surface area contributed by atoms with Gasteiger partial charge in [0.2, 0.25) is 15.9 Å².